The minimum Gasteiger partial charge on any atom is -0.481 e. The first-order chi connectivity index (χ1) is 12.1. The lowest BCUT2D eigenvalue weighted by Crippen LogP contribution is -2.27. The van der Waals surface area contributed by atoms with Gasteiger partial charge in [-0.15, -0.1) is 0 Å². The highest BCUT2D eigenvalue weighted by molar-refractivity contribution is 5.66. The molecule has 0 aromatic rings. The van der Waals surface area contributed by atoms with E-state index in [1.165, 1.54) is 12.8 Å². The fourth-order valence-electron chi connectivity index (χ4n) is 4.15. The smallest absolute Gasteiger partial charge is 0.303 e. The van der Waals surface area contributed by atoms with E-state index in [1.807, 2.05) is 6.08 Å². The lowest BCUT2D eigenvalue weighted by molar-refractivity contribution is -0.137. The SMILES string of the molecule is CCCCC[C@H](O)/C=C\[C@@H]1[C@@H](C/C=C/CCCC(=O)O)[C@@H]2CO[C@@H]1C2. The summed E-state index contributed by atoms with van der Waals surface area (Å²) < 4.78 is 5.87. The molecule has 0 spiro atoms. The van der Waals surface area contributed by atoms with Gasteiger partial charge in [-0.25, -0.2) is 0 Å². The van der Waals surface area contributed by atoms with Gasteiger partial charge in [0.25, 0.3) is 0 Å². The summed E-state index contributed by atoms with van der Waals surface area (Å²) >= 11 is 0. The summed E-state index contributed by atoms with van der Waals surface area (Å²) in [5, 5.41) is 18.8. The fourth-order valence-corrected chi connectivity index (χ4v) is 4.15. The third kappa shape index (κ3) is 6.59. The van der Waals surface area contributed by atoms with E-state index in [2.05, 4.69) is 25.2 Å². The van der Waals surface area contributed by atoms with Crippen molar-refractivity contribution in [3.63, 3.8) is 0 Å². The number of hydrogen-bond acceptors (Lipinski definition) is 3. The Labute approximate surface area is 152 Å². The Morgan fingerprint density at radius 3 is 2.88 bits per heavy atom. The Morgan fingerprint density at radius 1 is 1.28 bits per heavy atom. The Morgan fingerprint density at radius 2 is 2.12 bits per heavy atom. The van der Waals surface area contributed by atoms with E-state index in [0.29, 0.717) is 30.3 Å². The van der Waals surface area contributed by atoms with Gasteiger partial charge in [0, 0.05) is 12.3 Å². The van der Waals surface area contributed by atoms with Crippen molar-refractivity contribution in [1.82, 2.24) is 0 Å². The molecular formula is C21H34O4. The molecule has 2 aliphatic rings. The number of aliphatic carboxylic acids is 1. The van der Waals surface area contributed by atoms with Crippen LogP contribution in [0.1, 0.15) is 64.7 Å². The minimum atomic E-state index is -0.721. The molecule has 142 valence electrons. The second-order valence-corrected chi connectivity index (χ2v) is 7.55. The van der Waals surface area contributed by atoms with Gasteiger partial charge < -0.3 is 14.9 Å². The quantitative estimate of drug-likeness (QED) is 0.406. The second kappa shape index (κ2) is 10.8. The zero-order chi connectivity index (χ0) is 18.1. The molecule has 1 aliphatic carbocycles. The first kappa shape index (κ1) is 20.2. The van der Waals surface area contributed by atoms with Crippen molar-refractivity contribution in [2.45, 2.75) is 76.9 Å². The number of allylic oxidation sites excluding steroid dienone is 2. The molecule has 1 aliphatic heterocycles. The summed E-state index contributed by atoms with van der Waals surface area (Å²) in [7, 11) is 0. The molecule has 2 bridgehead atoms. The monoisotopic (exact) mass is 350 g/mol. The molecule has 1 heterocycles. The number of rotatable bonds is 12. The van der Waals surface area contributed by atoms with Crippen molar-refractivity contribution in [2.24, 2.45) is 17.8 Å². The lowest BCUT2D eigenvalue weighted by atomic mass is 9.84. The van der Waals surface area contributed by atoms with E-state index in [9.17, 15) is 9.90 Å². The minimum absolute atomic E-state index is 0.244. The van der Waals surface area contributed by atoms with Crippen LogP contribution in [-0.2, 0) is 9.53 Å². The summed E-state index contributed by atoms with van der Waals surface area (Å²) in [6.07, 6.45) is 16.7. The van der Waals surface area contributed by atoms with Gasteiger partial charge in [0.1, 0.15) is 0 Å². The Hall–Kier alpha value is -1.13. The first-order valence-corrected chi connectivity index (χ1v) is 9.96. The van der Waals surface area contributed by atoms with Crippen LogP contribution in [0.3, 0.4) is 0 Å². The average molecular weight is 350 g/mol. The van der Waals surface area contributed by atoms with Gasteiger partial charge in [-0.05, 0) is 43.9 Å². The van der Waals surface area contributed by atoms with E-state index in [1.54, 1.807) is 0 Å². The van der Waals surface area contributed by atoms with Crippen LogP contribution in [0.2, 0.25) is 0 Å². The highest BCUT2D eigenvalue weighted by Gasteiger charge is 2.46. The van der Waals surface area contributed by atoms with Gasteiger partial charge in [0.05, 0.1) is 18.8 Å². The predicted octanol–water partition coefficient (Wildman–Crippen LogP) is 4.34. The molecule has 4 nitrogen and oxygen atoms in total. The van der Waals surface area contributed by atoms with Crippen LogP contribution >= 0.6 is 0 Å². The van der Waals surface area contributed by atoms with E-state index < -0.39 is 5.97 Å². The second-order valence-electron chi connectivity index (χ2n) is 7.55. The van der Waals surface area contributed by atoms with Crippen LogP contribution in [0.4, 0.5) is 0 Å². The van der Waals surface area contributed by atoms with Gasteiger partial charge in [0.2, 0.25) is 0 Å². The van der Waals surface area contributed by atoms with E-state index in [-0.39, 0.29) is 12.5 Å². The van der Waals surface area contributed by atoms with E-state index in [0.717, 1.165) is 38.7 Å². The number of unbranched alkanes of at least 4 members (excludes halogenated alkanes) is 3. The summed E-state index contributed by atoms with van der Waals surface area (Å²) in [5.41, 5.74) is 0. The molecule has 1 saturated carbocycles. The molecule has 0 unspecified atom stereocenters. The van der Waals surface area contributed by atoms with Gasteiger partial charge in [-0.2, -0.15) is 0 Å². The molecule has 1 saturated heterocycles. The first-order valence-electron chi connectivity index (χ1n) is 9.96. The highest BCUT2D eigenvalue weighted by atomic mass is 16.5. The number of aliphatic hydroxyl groups excluding tert-OH is 1. The van der Waals surface area contributed by atoms with Gasteiger partial charge >= 0.3 is 5.97 Å². The number of aliphatic hydroxyl groups is 1. The molecule has 0 amide bonds. The lowest BCUT2D eigenvalue weighted by Gasteiger charge is -2.28. The maximum atomic E-state index is 10.5. The number of carbonyl (C=O) groups is 1. The highest BCUT2D eigenvalue weighted by Crippen LogP contribution is 2.47. The standard InChI is InChI=1S/C21H34O4/c1-2-3-6-9-17(22)12-13-19-18(16-14-20(19)25-15-16)10-7-4-5-8-11-21(23)24/h4,7,12-13,16-20,22H,2-3,5-6,8-11,14-15H2,1H3,(H,23,24)/b7-4+,13-12-/t16-,17-,18-,19+,20+/m0/s1. The number of carboxylic acids is 1. The molecule has 0 aromatic carbocycles. The van der Waals surface area contributed by atoms with Crippen LogP contribution in [0.15, 0.2) is 24.3 Å². The fraction of sp³-hybridized carbons (Fsp3) is 0.762. The Bertz CT molecular complexity index is 457. The van der Waals surface area contributed by atoms with E-state index in [4.69, 9.17) is 9.84 Å². The topological polar surface area (TPSA) is 66.8 Å². The number of carboxylic acid groups (broad SMARTS) is 1. The van der Waals surface area contributed by atoms with Gasteiger partial charge in [0.15, 0.2) is 0 Å². The summed E-state index contributed by atoms with van der Waals surface area (Å²) in [5.74, 6) is 0.902. The summed E-state index contributed by atoms with van der Waals surface area (Å²) in [6, 6.07) is 0. The zero-order valence-electron chi connectivity index (χ0n) is 15.5. The van der Waals surface area contributed by atoms with Gasteiger partial charge in [-0.3, -0.25) is 4.79 Å². The van der Waals surface area contributed by atoms with Crippen molar-refractivity contribution in [3.8, 4) is 0 Å². The Balaban J connectivity index is 1.78. The van der Waals surface area contributed by atoms with Crippen LogP contribution < -0.4 is 0 Å². The molecule has 2 rings (SSSR count). The summed E-state index contributed by atoms with van der Waals surface area (Å²) in [6.45, 7) is 3.04. The maximum absolute atomic E-state index is 10.5. The molecule has 4 heteroatoms. The molecule has 2 fully saturated rings. The van der Waals surface area contributed by atoms with Crippen LogP contribution in [0.25, 0.3) is 0 Å². The third-order valence-corrected chi connectivity index (χ3v) is 5.58. The Kier molecular flexibility index (Phi) is 8.70. The molecule has 0 radical (unpaired) electrons. The molecular weight excluding hydrogens is 316 g/mol. The number of fused-ring (bicyclic) bond motifs is 2. The molecule has 5 atom stereocenters. The molecule has 0 aromatic heterocycles. The molecule has 2 N–H and O–H groups in total. The number of ether oxygens (including phenoxy) is 1. The largest absolute Gasteiger partial charge is 0.481 e. The van der Waals surface area contributed by atoms with Crippen molar-refractivity contribution in [3.05, 3.63) is 24.3 Å². The van der Waals surface area contributed by atoms with Crippen molar-refractivity contribution < 1.29 is 19.7 Å². The van der Waals surface area contributed by atoms with Crippen molar-refractivity contribution >= 4 is 5.97 Å². The van der Waals surface area contributed by atoms with E-state index >= 15 is 0 Å². The zero-order valence-corrected chi connectivity index (χ0v) is 15.5. The third-order valence-electron chi connectivity index (χ3n) is 5.58. The van der Waals surface area contributed by atoms with Crippen LogP contribution in [0, 0.1) is 17.8 Å². The normalized spacial score (nSPS) is 29.8. The number of hydrogen-bond donors (Lipinski definition) is 2. The average Bonchev–Trinajstić information content (AvgIpc) is 3.17. The van der Waals surface area contributed by atoms with Crippen molar-refractivity contribution in [1.29, 1.82) is 0 Å². The summed E-state index contributed by atoms with van der Waals surface area (Å²) in [4.78, 5) is 10.5. The van der Waals surface area contributed by atoms with Crippen LogP contribution in [0.5, 0.6) is 0 Å². The molecule has 25 heavy (non-hydrogen) atoms. The van der Waals surface area contributed by atoms with Crippen molar-refractivity contribution in [2.75, 3.05) is 6.61 Å². The van der Waals surface area contributed by atoms with Gasteiger partial charge in [-0.1, -0.05) is 50.5 Å². The predicted molar refractivity (Wildman–Crippen MR) is 99.4 cm³/mol. The van der Waals surface area contributed by atoms with Crippen LogP contribution in [-0.4, -0.2) is 35.0 Å². The maximum Gasteiger partial charge on any atom is 0.303 e.